The number of aromatic nitrogens is 2. The summed E-state index contributed by atoms with van der Waals surface area (Å²) in [7, 11) is 0. The summed E-state index contributed by atoms with van der Waals surface area (Å²) in [6.07, 6.45) is 1.78. The zero-order chi connectivity index (χ0) is 26.3. The van der Waals surface area contributed by atoms with Gasteiger partial charge in [0.15, 0.2) is 5.76 Å². The molecule has 0 aliphatic heterocycles. The third-order valence-electron chi connectivity index (χ3n) is 6.62. The van der Waals surface area contributed by atoms with Crippen molar-refractivity contribution in [1.82, 2.24) is 10.1 Å². The average Bonchev–Trinajstić information content (AvgIpc) is 3.63. The van der Waals surface area contributed by atoms with Gasteiger partial charge in [0.2, 0.25) is 0 Å². The largest absolute Gasteiger partial charge is 0.422 e. The molecule has 39 heavy (non-hydrogen) atoms. The second-order valence-electron chi connectivity index (χ2n) is 9.01. The van der Waals surface area contributed by atoms with Crippen LogP contribution in [0, 0.1) is 11.3 Å². The standard InChI is InChI=1S/C32H17N3O3S/c33-17-22(14-19-10-12-27-25(15-19)30(38-35-27)21-7-2-1-3-8-21)31-34-28(18-39-31)26-16-24-23-9-5-4-6-20(23)11-13-29(24)37-32(26)36/h1-16,18H/b22-14+. The zero-order valence-corrected chi connectivity index (χ0v) is 21.1. The van der Waals surface area contributed by atoms with Gasteiger partial charge in [0.25, 0.3) is 0 Å². The Kier molecular flexibility index (Phi) is 5.39. The molecular weight excluding hydrogens is 506 g/mol. The molecule has 0 bridgehead atoms. The maximum atomic E-state index is 12.9. The minimum Gasteiger partial charge on any atom is -0.422 e. The molecule has 0 amide bonds. The summed E-state index contributed by atoms with van der Waals surface area (Å²) in [6, 6.07) is 31.2. The van der Waals surface area contributed by atoms with Crippen LogP contribution in [0.2, 0.25) is 0 Å². The molecule has 7 aromatic rings. The van der Waals surface area contributed by atoms with Gasteiger partial charge in [0.1, 0.15) is 22.2 Å². The number of hydrogen-bond acceptors (Lipinski definition) is 7. The molecule has 0 aliphatic carbocycles. The van der Waals surface area contributed by atoms with E-state index in [9.17, 15) is 10.1 Å². The molecule has 0 spiro atoms. The lowest BCUT2D eigenvalue weighted by Gasteiger charge is -2.04. The number of nitriles is 1. The van der Waals surface area contributed by atoms with Crippen molar-refractivity contribution in [3.05, 3.63) is 117 Å². The molecule has 7 rings (SSSR count). The Balaban J connectivity index is 1.29. The summed E-state index contributed by atoms with van der Waals surface area (Å²) in [6.45, 7) is 0. The van der Waals surface area contributed by atoms with Gasteiger partial charge in [0.05, 0.1) is 22.2 Å². The first-order chi connectivity index (χ1) is 19.2. The molecule has 0 saturated carbocycles. The molecule has 0 fully saturated rings. The second kappa shape index (κ2) is 9.21. The number of allylic oxidation sites excluding steroid dienone is 1. The van der Waals surface area contributed by atoms with E-state index in [0.29, 0.717) is 33.2 Å². The van der Waals surface area contributed by atoms with Crippen molar-refractivity contribution >= 4 is 55.6 Å². The summed E-state index contributed by atoms with van der Waals surface area (Å²) in [5, 5.41) is 20.2. The van der Waals surface area contributed by atoms with E-state index < -0.39 is 5.63 Å². The maximum absolute atomic E-state index is 12.9. The van der Waals surface area contributed by atoms with Crippen LogP contribution in [0.3, 0.4) is 0 Å². The number of rotatable bonds is 4. The third-order valence-corrected chi connectivity index (χ3v) is 7.50. The van der Waals surface area contributed by atoms with Gasteiger partial charge in [-0.15, -0.1) is 11.3 Å². The van der Waals surface area contributed by atoms with E-state index >= 15 is 0 Å². The first-order valence-corrected chi connectivity index (χ1v) is 13.0. The normalized spacial score (nSPS) is 11.8. The molecule has 7 heteroatoms. The highest BCUT2D eigenvalue weighted by molar-refractivity contribution is 7.11. The van der Waals surface area contributed by atoms with Crippen LogP contribution in [0.25, 0.3) is 66.9 Å². The number of fused-ring (bicyclic) bond motifs is 4. The van der Waals surface area contributed by atoms with Crippen molar-refractivity contribution in [2.45, 2.75) is 0 Å². The molecule has 0 atom stereocenters. The smallest absolute Gasteiger partial charge is 0.345 e. The van der Waals surface area contributed by atoms with Gasteiger partial charge >= 0.3 is 5.63 Å². The van der Waals surface area contributed by atoms with Crippen LogP contribution in [-0.2, 0) is 0 Å². The van der Waals surface area contributed by atoms with Gasteiger partial charge in [-0.3, -0.25) is 0 Å². The first-order valence-electron chi connectivity index (χ1n) is 12.2. The Hall–Kier alpha value is -5.32. The van der Waals surface area contributed by atoms with E-state index in [-0.39, 0.29) is 0 Å². The molecule has 0 radical (unpaired) electrons. The Labute approximate surface area is 225 Å². The zero-order valence-electron chi connectivity index (χ0n) is 20.3. The molecule has 6 nitrogen and oxygen atoms in total. The molecule has 3 aromatic heterocycles. The Morgan fingerprint density at radius 2 is 1.74 bits per heavy atom. The molecule has 0 aliphatic rings. The van der Waals surface area contributed by atoms with E-state index in [2.05, 4.69) is 16.2 Å². The molecule has 184 valence electrons. The number of hydrogen-bond donors (Lipinski definition) is 0. The SMILES string of the molecule is N#C/C(=C\c1ccc2noc(-c3ccccc3)c2c1)c1nc(-c2cc3c(ccc4ccccc43)oc2=O)cs1. The topological polar surface area (TPSA) is 92.9 Å². The van der Waals surface area contributed by atoms with E-state index in [1.807, 2.05) is 84.9 Å². The van der Waals surface area contributed by atoms with Crippen molar-refractivity contribution in [2.75, 3.05) is 0 Å². The molecule has 0 saturated heterocycles. The summed E-state index contributed by atoms with van der Waals surface area (Å²) < 4.78 is 11.3. The van der Waals surface area contributed by atoms with Gasteiger partial charge in [-0.1, -0.05) is 71.9 Å². The fourth-order valence-electron chi connectivity index (χ4n) is 4.73. The van der Waals surface area contributed by atoms with E-state index in [4.69, 9.17) is 8.94 Å². The summed E-state index contributed by atoms with van der Waals surface area (Å²) >= 11 is 1.31. The Morgan fingerprint density at radius 1 is 0.897 bits per heavy atom. The first kappa shape index (κ1) is 22.8. The van der Waals surface area contributed by atoms with Gasteiger partial charge in [-0.25, -0.2) is 9.78 Å². The van der Waals surface area contributed by atoms with Crippen LogP contribution in [0.15, 0.2) is 110 Å². The predicted octanol–water partition coefficient (Wildman–Crippen LogP) is 7.94. The van der Waals surface area contributed by atoms with E-state index in [1.165, 1.54) is 11.3 Å². The van der Waals surface area contributed by atoms with Gasteiger partial charge in [-0.05, 0) is 46.7 Å². The molecule has 0 unspecified atom stereocenters. The minimum atomic E-state index is -0.469. The average molecular weight is 524 g/mol. The number of nitrogens with zero attached hydrogens (tertiary/aromatic N) is 3. The maximum Gasteiger partial charge on any atom is 0.345 e. The number of benzene rings is 4. The molecule has 4 aromatic carbocycles. The highest BCUT2D eigenvalue weighted by Crippen LogP contribution is 2.32. The third kappa shape index (κ3) is 4.00. The van der Waals surface area contributed by atoms with Crippen molar-refractivity contribution in [1.29, 1.82) is 5.26 Å². The van der Waals surface area contributed by atoms with Gasteiger partial charge in [0, 0.05) is 16.3 Å². The monoisotopic (exact) mass is 523 g/mol. The van der Waals surface area contributed by atoms with Crippen molar-refractivity contribution < 1.29 is 8.94 Å². The summed E-state index contributed by atoms with van der Waals surface area (Å²) in [5.74, 6) is 0.673. The quantitative estimate of drug-likeness (QED) is 0.132. The summed E-state index contributed by atoms with van der Waals surface area (Å²) in [4.78, 5) is 17.5. The highest BCUT2D eigenvalue weighted by Gasteiger charge is 2.16. The second-order valence-corrected chi connectivity index (χ2v) is 9.87. The lowest BCUT2D eigenvalue weighted by atomic mass is 10.0. The van der Waals surface area contributed by atoms with Crippen LogP contribution in [0.1, 0.15) is 10.6 Å². The lowest BCUT2D eigenvalue weighted by molar-refractivity contribution is 0.441. The fourth-order valence-corrected chi connectivity index (χ4v) is 5.51. The van der Waals surface area contributed by atoms with Crippen LogP contribution >= 0.6 is 11.3 Å². The molecule has 0 N–H and O–H groups in total. The minimum absolute atomic E-state index is 0.358. The van der Waals surface area contributed by atoms with Crippen LogP contribution in [-0.4, -0.2) is 10.1 Å². The van der Waals surface area contributed by atoms with Crippen molar-refractivity contribution in [2.24, 2.45) is 0 Å². The predicted molar refractivity (Wildman–Crippen MR) is 154 cm³/mol. The number of thiazole rings is 1. The highest BCUT2D eigenvalue weighted by atomic mass is 32.1. The Morgan fingerprint density at radius 3 is 2.62 bits per heavy atom. The van der Waals surface area contributed by atoms with Crippen molar-refractivity contribution in [3.8, 4) is 28.7 Å². The van der Waals surface area contributed by atoms with Crippen LogP contribution < -0.4 is 5.63 Å². The molecular formula is C32H17N3O3S. The molecule has 3 heterocycles. The van der Waals surface area contributed by atoms with Gasteiger partial charge in [-0.2, -0.15) is 5.26 Å². The lowest BCUT2D eigenvalue weighted by Crippen LogP contribution is -2.03. The van der Waals surface area contributed by atoms with Crippen LogP contribution in [0.4, 0.5) is 0 Å². The van der Waals surface area contributed by atoms with E-state index in [1.54, 1.807) is 17.5 Å². The summed E-state index contributed by atoms with van der Waals surface area (Å²) in [5.41, 5.74) is 3.74. The van der Waals surface area contributed by atoms with E-state index in [0.717, 1.165) is 38.2 Å². The van der Waals surface area contributed by atoms with Crippen molar-refractivity contribution in [3.63, 3.8) is 0 Å². The van der Waals surface area contributed by atoms with Gasteiger partial charge < -0.3 is 8.94 Å². The Bertz CT molecular complexity index is 2160. The fraction of sp³-hybridized carbons (Fsp3) is 0. The van der Waals surface area contributed by atoms with Crippen LogP contribution in [0.5, 0.6) is 0 Å².